The first-order valence-corrected chi connectivity index (χ1v) is 8.46. The van der Waals surface area contributed by atoms with Crippen LogP contribution in [-0.4, -0.2) is 12.6 Å². The van der Waals surface area contributed by atoms with E-state index in [1.807, 2.05) is 13.0 Å². The van der Waals surface area contributed by atoms with Gasteiger partial charge in [-0.15, -0.1) is 0 Å². The molecule has 0 rings (SSSR count). The van der Waals surface area contributed by atoms with Gasteiger partial charge < -0.3 is 4.74 Å². The Balaban J connectivity index is 3.77. The largest absolute Gasteiger partial charge is 0.463 e. The highest BCUT2D eigenvalue weighted by molar-refractivity contribution is 5.82. The number of hydrogen-bond acceptors (Lipinski definition) is 2. The van der Waals surface area contributed by atoms with Gasteiger partial charge in [0.15, 0.2) is 0 Å². The van der Waals surface area contributed by atoms with Gasteiger partial charge in [-0.2, -0.15) is 0 Å². The number of ether oxygens (including phenoxy) is 1. The normalized spacial score (nSPS) is 13.9. The van der Waals surface area contributed by atoms with Crippen LogP contribution in [0.25, 0.3) is 0 Å². The first-order valence-electron chi connectivity index (χ1n) is 8.46. The number of esters is 1. The van der Waals surface area contributed by atoms with Crippen molar-refractivity contribution in [3.8, 4) is 0 Å². The Bertz CT molecular complexity index is 326. The molecular weight excluding hydrogens is 260 g/mol. The average molecular weight is 294 g/mol. The molecule has 122 valence electrons. The first kappa shape index (κ1) is 19.9. The molecule has 0 aromatic heterocycles. The van der Waals surface area contributed by atoms with E-state index in [0.29, 0.717) is 6.61 Å². The summed E-state index contributed by atoms with van der Waals surface area (Å²) in [6.07, 6.45) is 13.0. The van der Waals surface area contributed by atoms with Crippen molar-refractivity contribution in [3.63, 3.8) is 0 Å². The molecule has 0 saturated carbocycles. The summed E-state index contributed by atoms with van der Waals surface area (Å²) in [7, 11) is 0. The molecule has 0 aromatic rings. The zero-order valence-corrected chi connectivity index (χ0v) is 14.7. The Morgan fingerprint density at radius 1 is 1.10 bits per heavy atom. The van der Waals surface area contributed by atoms with Crippen LogP contribution >= 0.6 is 0 Å². The highest BCUT2D eigenvalue weighted by atomic mass is 16.5. The van der Waals surface area contributed by atoms with Crippen LogP contribution in [0.15, 0.2) is 23.8 Å². The lowest BCUT2D eigenvalue weighted by Crippen LogP contribution is -1.98. The minimum atomic E-state index is -0.264. The fourth-order valence-corrected chi connectivity index (χ4v) is 2.31. The number of allylic oxidation sites excluding steroid dienone is 3. The third-order valence-corrected chi connectivity index (χ3v) is 3.65. The van der Waals surface area contributed by atoms with Crippen LogP contribution < -0.4 is 0 Å². The maximum absolute atomic E-state index is 11.1. The minimum Gasteiger partial charge on any atom is -0.463 e. The Morgan fingerprint density at radius 3 is 2.38 bits per heavy atom. The molecule has 0 fully saturated rings. The molecule has 0 amide bonds. The molecule has 0 bridgehead atoms. The predicted molar refractivity (Wildman–Crippen MR) is 91.2 cm³/mol. The van der Waals surface area contributed by atoms with E-state index in [1.165, 1.54) is 43.8 Å². The third-order valence-electron chi connectivity index (χ3n) is 3.65. The Labute approximate surface area is 131 Å². The number of hydrogen-bond donors (Lipinski definition) is 0. The van der Waals surface area contributed by atoms with Crippen molar-refractivity contribution in [3.05, 3.63) is 23.8 Å². The zero-order valence-electron chi connectivity index (χ0n) is 14.7. The maximum Gasteiger partial charge on any atom is 0.330 e. The van der Waals surface area contributed by atoms with Gasteiger partial charge in [-0.3, -0.25) is 0 Å². The zero-order chi connectivity index (χ0) is 16.1. The fourth-order valence-electron chi connectivity index (χ4n) is 2.31. The summed E-state index contributed by atoms with van der Waals surface area (Å²) in [5, 5.41) is 0. The van der Waals surface area contributed by atoms with Crippen molar-refractivity contribution in [2.24, 2.45) is 11.8 Å². The van der Waals surface area contributed by atoms with E-state index in [4.69, 9.17) is 4.74 Å². The van der Waals surface area contributed by atoms with Crippen molar-refractivity contribution in [1.82, 2.24) is 0 Å². The van der Waals surface area contributed by atoms with Gasteiger partial charge in [0.2, 0.25) is 0 Å². The highest BCUT2D eigenvalue weighted by Gasteiger charge is 2.03. The molecule has 0 spiro atoms. The fraction of sp³-hybridized carbons (Fsp3) is 0.737. The molecule has 0 aromatic carbocycles. The SMILES string of the molecule is CCOC(=O)C=CC=C(C)CCCC(C)CCCC(C)C. The number of rotatable bonds is 11. The van der Waals surface area contributed by atoms with Crippen LogP contribution in [0.2, 0.25) is 0 Å². The van der Waals surface area contributed by atoms with Gasteiger partial charge in [0.25, 0.3) is 0 Å². The van der Waals surface area contributed by atoms with Gasteiger partial charge in [-0.1, -0.05) is 64.2 Å². The first-order chi connectivity index (χ1) is 9.95. The standard InChI is InChI=1S/C19H34O2/c1-6-21-19(20)15-9-14-18(5)13-8-12-17(4)11-7-10-16(2)3/h9,14-17H,6-8,10-13H2,1-5H3. The quantitative estimate of drug-likeness (QED) is 0.278. The van der Waals surface area contributed by atoms with E-state index in [9.17, 15) is 4.79 Å². The second kappa shape index (κ2) is 12.7. The maximum atomic E-state index is 11.1. The molecule has 0 aliphatic rings. The summed E-state index contributed by atoms with van der Waals surface area (Å²) in [6.45, 7) is 11.3. The van der Waals surface area contributed by atoms with Crippen molar-refractivity contribution in [2.75, 3.05) is 6.61 Å². The van der Waals surface area contributed by atoms with E-state index in [0.717, 1.165) is 18.3 Å². The second-order valence-corrected chi connectivity index (χ2v) is 6.45. The second-order valence-electron chi connectivity index (χ2n) is 6.45. The number of carbonyl (C=O) groups is 1. The molecule has 1 unspecified atom stereocenters. The van der Waals surface area contributed by atoms with Gasteiger partial charge in [-0.25, -0.2) is 4.79 Å². The molecule has 1 atom stereocenters. The van der Waals surface area contributed by atoms with E-state index in [1.54, 1.807) is 6.08 Å². The van der Waals surface area contributed by atoms with Crippen molar-refractivity contribution >= 4 is 5.97 Å². The summed E-state index contributed by atoms with van der Waals surface area (Å²) in [4.78, 5) is 11.1. The van der Waals surface area contributed by atoms with Crippen LogP contribution in [0, 0.1) is 11.8 Å². The number of carbonyl (C=O) groups excluding carboxylic acids is 1. The van der Waals surface area contributed by atoms with Gasteiger partial charge in [0, 0.05) is 6.08 Å². The van der Waals surface area contributed by atoms with Gasteiger partial charge in [-0.05, 0) is 38.5 Å². The molecule has 2 heteroatoms. The summed E-state index contributed by atoms with van der Waals surface area (Å²) >= 11 is 0. The van der Waals surface area contributed by atoms with Crippen molar-refractivity contribution in [1.29, 1.82) is 0 Å². The third kappa shape index (κ3) is 13.7. The summed E-state index contributed by atoms with van der Waals surface area (Å²) in [5.74, 6) is 1.39. The van der Waals surface area contributed by atoms with Crippen LogP contribution in [0.4, 0.5) is 0 Å². The van der Waals surface area contributed by atoms with E-state index >= 15 is 0 Å². The monoisotopic (exact) mass is 294 g/mol. The summed E-state index contributed by atoms with van der Waals surface area (Å²) in [5.41, 5.74) is 1.32. The van der Waals surface area contributed by atoms with Crippen molar-refractivity contribution < 1.29 is 9.53 Å². The topological polar surface area (TPSA) is 26.3 Å². The summed E-state index contributed by atoms with van der Waals surface area (Å²) in [6, 6.07) is 0. The van der Waals surface area contributed by atoms with Gasteiger partial charge in [0.05, 0.1) is 6.61 Å². The van der Waals surface area contributed by atoms with Crippen LogP contribution in [0.5, 0.6) is 0 Å². The lowest BCUT2D eigenvalue weighted by molar-refractivity contribution is -0.137. The summed E-state index contributed by atoms with van der Waals surface area (Å²) < 4.78 is 4.84. The van der Waals surface area contributed by atoms with Crippen LogP contribution in [-0.2, 0) is 9.53 Å². The Morgan fingerprint density at radius 2 is 1.76 bits per heavy atom. The average Bonchev–Trinajstić information content (AvgIpc) is 2.38. The van der Waals surface area contributed by atoms with Gasteiger partial charge >= 0.3 is 5.97 Å². The van der Waals surface area contributed by atoms with Crippen molar-refractivity contribution in [2.45, 2.75) is 73.1 Å². The molecule has 0 radical (unpaired) electrons. The smallest absolute Gasteiger partial charge is 0.330 e. The molecule has 0 saturated heterocycles. The van der Waals surface area contributed by atoms with E-state index < -0.39 is 0 Å². The minimum absolute atomic E-state index is 0.264. The molecular formula is C19H34O2. The molecule has 0 aliphatic carbocycles. The van der Waals surface area contributed by atoms with E-state index in [2.05, 4.69) is 27.7 Å². The molecule has 0 N–H and O–H groups in total. The molecule has 0 aliphatic heterocycles. The van der Waals surface area contributed by atoms with Crippen LogP contribution in [0.1, 0.15) is 73.1 Å². The lowest BCUT2D eigenvalue weighted by atomic mass is 9.94. The predicted octanol–water partition coefficient (Wildman–Crippen LogP) is 5.68. The lowest BCUT2D eigenvalue weighted by Gasteiger charge is -2.12. The highest BCUT2D eigenvalue weighted by Crippen LogP contribution is 2.18. The molecule has 21 heavy (non-hydrogen) atoms. The van der Waals surface area contributed by atoms with Crippen LogP contribution in [0.3, 0.4) is 0 Å². The Kier molecular flexibility index (Phi) is 12.0. The van der Waals surface area contributed by atoms with E-state index in [-0.39, 0.29) is 5.97 Å². The molecule has 0 heterocycles. The molecule has 2 nitrogen and oxygen atoms in total. The van der Waals surface area contributed by atoms with Gasteiger partial charge in [0.1, 0.15) is 0 Å². The Hall–Kier alpha value is -1.05.